The predicted octanol–water partition coefficient (Wildman–Crippen LogP) is 10.2. The van der Waals surface area contributed by atoms with Gasteiger partial charge in [0.1, 0.15) is 9.70 Å². The number of aromatic nitrogens is 3. The summed E-state index contributed by atoms with van der Waals surface area (Å²) in [6, 6.07) is 0. The maximum Gasteiger partial charge on any atom is 0.340 e. The SMILES string of the molecule is CCCC(Br)(Br)C(Br)(Br)n1c(=O)n(C(Br)(Br)C(Br)(Br)CCC)c(=O)n(C(Br)(Br)C(Br)(Br)CCC)c1=O. The van der Waals surface area contributed by atoms with E-state index in [0.717, 1.165) is 13.7 Å². The summed E-state index contributed by atoms with van der Waals surface area (Å²) in [7, 11) is 0. The highest BCUT2D eigenvalue weighted by atomic mass is 79.9. The van der Waals surface area contributed by atoms with Crippen LogP contribution in [0.25, 0.3) is 0 Å². The molecule has 0 saturated heterocycles. The van der Waals surface area contributed by atoms with Crippen LogP contribution in [0.15, 0.2) is 14.4 Å². The summed E-state index contributed by atoms with van der Waals surface area (Å²) < 4.78 is -4.69. The van der Waals surface area contributed by atoms with E-state index in [1.165, 1.54) is 0 Å². The van der Waals surface area contributed by atoms with Gasteiger partial charge >= 0.3 is 17.1 Å². The lowest BCUT2D eigenvalue weighted by molar-refractivity contribution is 0.382. The maximum absolute atomic E-state index is 14.1. The van der Waals surface area contributed by atoms with Crippen molar-refractivity contribution in [2.24, 2.45) is 0 Å². The molecule has 0 atom stereocenters. The van der Waals surface area contributed by atoms with Crippen molar-refractivity contribution in [2.45, 2.75) is 79.1 Å². The number of nitrogens with zero attached hydrogens (tertiary/aromatic N) is 3. The largest absolute Gasteiger partial charge is 0.340 e. The minimum Gasteiger partial charge on any atom is -0.247 e. The number of hydrogen-bond donors (Lipinski definition) is 0. The smallest absolute Gasteiger partial charge is 0.247 e. The monoisotopic (exact) mass is 1270 g/mol. The lowest BCUT2D eigenvalue weighted by Gasteiger charge is -2.41. The molecule has 0 aromatic carbocycles. The third kappa shape index (κ3) is 7.27. The van der Waals surface area contributed by atoms with E-state index in [1.54, 1.807) is 0 Å². The van der Waals surface area contributed by atoms with Gasteiger partial charge < -0.3 is 0 Å². The van der Waals surface area contributed by atoms with Gasteiger partial charge in [-0.3, -0.25) is 0 Å². The molecule has 0 saturated carbocycles. The van der Waals surface area contributed by atoms with Gasteiger partial charge in [-0.05, 0) is 115 Å². The van der Waals surface area contributed by atoms with E-state index < -0.39 is 36.8 Å². The summed E-state index contributed by atoms with van der Waals surface area (Å²) >= 11 is 43.0. The van der Waals surface area contributed by atoms with E-state index in [2.05, 4.69) is 191 Å². The van der Waals surface area contributed by atoms with Crippen LogP contribution in [0.5, 0.6) is 0 Å². The zero-order valence-corrected chi connectivity index (χ0v) is 37.9. The Morgan fingerprint density at radius 2 is 0.611 bits per heavy atom. The van der Waals surface area contributed by atoms with Gasteiger partial charge in [0.2, 0.25) is 0 Å². The summed E-state index contributed by atoms with van der Waals surface area (Å²) in [6.45, 7) is 5.88. The van der Waals surface area contributed by atoms with Crippen LogP contribution in [-0.2, 0) is 10.1 Å². The Bertz CT molecular complexity index is 953. The standard InChI is InChI=1S/C18H21Br12N3O3/c1-4-7-13(19,20)16(25,26)31-10(34)32(17(27,28)14(21,22)8-5-2)12(36)33(11(31)35)18(29,30)15(23,24)9-6-3/h4-9H2,1-3H3. The highest BCUT2D eigenvalue weighted by Crippen LogP contribution is 2.57. The second-order valence-electron chi connectivity index (χ2n) is 7.84. The lowest BCUT2D eigenvalue weighted by atomic mass is 10.2. The Balaban J connectivity index is 4.47. The average Bonchev–Trinajstić information content (AvgIpc) is 2.66. The lowest BCUT2D eigenvalue weighted by Crippen LogP contribution is -2.67. The van der Waals surface area contributed by atoms with Crippen molar-refractivity contribution in [1.82, 2.24) is 13.7 Å². The molecule has 0 aliphatic rings. The molecule has 1 aromatic rings. The van der Waals surface area contributed by atoms with E-state index >= 15 is 0 Å². The van der Waals surface area contributed by atoms with Crippen LogP contribution in [0.2, 0.25) is 0 Å². The van der Waals surface area contributed by atoms with Crippen LogP contribution in [0.4, 0.5) is 0 Å². The molecule has 210 valence electrons. The fraction of sp³-hybridized carbons (Fsp3) is 0.833. The summed E-state index contributed by atoms with van der Waals surface area (Å²) in [4.78, 5) is 42.3. The zero-order valence-electron chi connectivity index (χ0n) is 18.8. The Labute approximate surface area is 310 Å². The average molecular weight is 1290 g/mol. The van der Waals surface area contributed by atoms with Crippen molar-refractivity contribution in [1.29, 1.82) is 0 Å². The van der Waals surface area contributed by atoms with Crippen molar-refractivity contribution in [3.05, 3.63) is 31.5 Å². The van der Waals surface area contributed by atoms with Crippen LogP contribution in [0.3, 0.4) is 0 Å². The van der Waals surface area contributed by atoms with Crippen LogP contribution >= 0.6 is 191 Å². The minimum atomic E-state index is -1.50. The van der Waals surface area contributed by atoms with E-state index in [0.29, 0.717) is 38.5 Å². The number of hydrogen-bond acceptors (Lipinski definition) is 3. The number of alkyl halides is 12. The van der Waals surface area contributed by atoms with Crippen molar-refractivity contribution >= 4 is 191 Å². The van der Waals surface area contributed by atoms with Gasteiger partial charge in [-0.1, -0.05) is 136 Å². The maximum atomic E-state index is 14.1. The normalized spacial score (nSPS) is 14.4. The Morgan fingerprint density at radius 1 is 0.444 bits per heavy atom. The topological polar surface area (TPSA) is 66.0 Å². The van der Waals surface area contributed by atoms with Gasteiger partial charge in [-0.15, -0.1) is 0 Å². The number of rotatable bonds is 12. The molecule has 1 rings (SSSR count). The molecule has 0 amide bonds. The predicted molar refractivity (Wildman–Crippen MR) is 193 cm³/mol. The van der Waals surface area contributed by atoms with Crippen molar-refractivity contribution in [2.75, 3.05) is 0 Å². The molecule has 0 radical (unpaired) electrons. The third-order valence-corrected chi connectivity index (χ3v) is 23.4. The molecule has 0 spiro atoms. The quantitative estimate of drug-likeness (QED) is 0.196. The highest BCUT2D eigenvalue weighted by Gasteiger charge is 2.55. The molecule has 0 unspecified atom stereocenters. The Hall–Kier alpha value is 4.17. The molecule has 0 aliphatic heterocycles. The zero-order chi connectivity index (χ0) is 28.7. The van der Waals surface area contributed by atoms with E-state index in [9.17, 15) is 14.4 Å². The first-order valence-corrected chi connectivity index (χ1v) is 19.8. The molecule has 0 bridgehead atoms. The van der Waals surface area contributed by atoms with Gasteiger partial charge in [0.15, 0.2) is 10.1 Å². The molecule has 36 heavy (non-hydrogen) atoms. The van der Waals surface area contributed by atoms with Crippen molar-refractivity contribution in [3.63, 3.8) is 0 Å². The fourth-order valence-corrected chi connectivity index (χ4v) is 9.60. The van der Waals surface area contributed by atoms with E-state index in [1.807, 2.05) is 20.8 Å². The summed E-state index contributed by atoms with van der Waals surface area (Å²) in [5.41, 5.74) is -2.66. The minimum absolute atomic E-state index is 0.503. The molecule has 18 heteroatoms. The summed E-state index contributed by atoms with van der Waals surface area (Å²) in [6.07, 6.45) is 3.65. The summed E-state index contributed by atoms with van der Waals surface area (Å²) in [5, 5.41) is 0. The summed E-state index contributed by atoms with van der Waals surface area (Å²) in [5.74, 6) is 0. The van der Waals surface area contributed by atoms with E-state index in [4.69, 9.17) is 0 Å². The molecule has 1 heterocycles. The van der Waals surface area contributed by atoms with Gasteiger partial charge in [-0.2, -0.15) is 0 Å². The molecular weight excluding hydrogens is 1270 g/mol. The molecule has 1 aromatic heterocycles. The number of halogens is 12. The molecule has 0 fully saturated rings. The first-order chi connectivity index (χ1) is 16.0. The fourth-order valence-electron chi connectivity index (χ4n) is 3.15. The third-order valence-electron chi connectivity index (χ3n) is 5.00. The van der Waals surface area contributed by atoms with Gasteiger partial charge in [0.05, 0.1) is 0 Å². The Morgan fingerprint density at radius 3 is 0.750 bits per heavy atom. The molecule has 0 aliphatic carbocycles. The van der Waals surface area contributed by atoms with Crippen LogP contribution in [0.1, 0.15) is 59.3 Å². The van der Waals surface area contributed by atoms with Gasteiger partial charge in [-0.25, -0.2) is 28.1 Å². The van der Waals surface area contributed by atoms with Gasteiger partial charge in [0, 0.05) is 0 Å². The second-order valence-corrected chi connectivity index (χ2v) is 29.2. The van der Waals surface area contributed by atoms with Crippen LogP contribution in [0, 0.1) is 0 Å². The molecular formula is C18H21Br12N3O3. The first kappa shape index (κ1) is 38.2. The first-order valence-electron chi connectivity index (χ1n) is 10.3. The Kier molecular flexibility index (Phi) is 14.7. The van der Waals surface area contributed by atoms with E-state index in [-0.39, 0.29) is 0 Å². The van der Waals surface area contributed by atoms with Crippen molar-refractivity contribution < 1.29 is 0 Å². The second kappa shape index (κ2) is 13.9. The van der Waals surface area contributed by atoms with Crippen LogP contribution < -0.4 is 17.1 Å². The van der Waals surface area contributed by atoms with Crippen LogP contribution in [-0.4, -0.2) is 23.4 Å². The molecule has 6 nitrogen and oxygen atoms in total. The molecule has 0 N–H and O–H groups in total. The van der Waals surface area contributed by atoms with Crippen molar-refractivity contribution in [3.8, 4) is 0 Å². The highest BCUT2D eigenvalue weighted by molar-refractivity contribution is 9.31. The van der Waals surface area contributed by atoms with Gasteiger partial charge in [0.25, 0.3) is 0 Å².